The Hall–Kier alpha value is -0.960. The van der Waals surface area contributed by atoms with Gasteiger partial charge < -0.3 is 9.73 Å². The average Bonchev–Trinajstić information content (AvgIpc) is 2.69. The Kier molecular flexibility index (Phi) is 6.01. The van der Waals surface area contributed by atoms with Crippen molar-refractivity contribution < 1.29 is 9.21 Å². The molecule has 0 aliphatic carbocycles. The lowest BCUT2D eigenvalue weighted by Gasteiger charge is -2.03. The van der Waals surface area contributed by atoms with Crippen molar-refractivity contribution in [3.63, 3.8) is 0 Å². The van der Waals surface area contributed by atoms with E-state index in [4.69, 9.17) is 16.0 Å². The van der Waals surface area contributed by atoms with Gasteiger partial charge in [-0.15, -0.1) is 11.6 Å². The number of hydrogen-bond acceptors (Lipinski definition) is 2. The van der Waals surface area contributed by atoms with Crippen LogP contribution in [0.25, 0.3) is 0 Å². The average molecular weight is 244 g/mol. The van der Waals surface area contributed by atoms with Crippen molar-refractivity contribution >= 4 is 17.5 Å². The second-order valence-corrected chi connectivity index (χ2v) is 4.17. The quantitative estimate of drug-likeness (QED) is 0.591. The van der Waals surface area contributed by atoms with Crippen LogP contribution in [0.3, 0.4) is 0 Å². The number of halogens is 1. The van der Waals surface area contributed by atoms with Crippen molar-refractivity contribution in [2.45, 2.75) is 32.6 Å². The number of rotatable bonds is 7. The predicted octanol–water partition coefficient (Wildman–Crippen LogP) is 3.12. The summed E-state index contributed by atoms with van der Waals surface area (Å²) in [4.78, 5) is 11.6. The van der Waals surface area contributed by atoms with Gasteiger partial charge >= 0.3 is 0 Å². The Bertz CT molecular complexity index is 323. The number of nitrogens with one attached hydrogen (secondary N) is 1. The highest BCUT2D eigenvalue weighted by Gasteiger charge is 2.10. The van der Waals surface area contributed by atoms with E-state index < -0.39 is 0 Å². The molecule has 1 amide bonds. The van der Waals surface area contributed by atoms with Gasteiger partial charge in [0.1, 0.15) is 0 Å². The van der Waals surface area contributed by atoms with Crippen LogP contribution in [0.4, 0.5) is 0 Å². The molecule has 0 spiro atoms. The normalized spacial score (nSPS) is 10.4. The van der Waals surface area contributed by atoms with Crippen molar-refractivity contribution in [1.29, 1.82) is 0 Å². The SMILES string of the molecule is Cc1ccoc1C(=O)NCCCCCCCl. The van der Waals surface area contributed by atoms with Crippen molar-refractivity contribution in [3.05, 3.63) is 23.7 Å². The molecule has 1 heterocycles. The minimum Gasteiger partial charge on any atom is -0.459 e. The van der Waals surface area contributed by atoms with Crippen LogP contribution in [0.5, 0.6) is 0 Å². The maximum atomic E-state index is 11.6. The fourth-order valence-corrected chi connectivity index (χ4v) is 1.65. The number of carbonyl (C=O) groups excluding carboxylic acids is 1. The van der Waals surface area contributed by atoms with Crippen molar-refractivity contribution in [3.8, 4) is 0 Å². The van der Waals surface area contributed by atoms with Gasteiger partial charge in [0, 0.05) is 18.0 Å². The number of alkyl halides is 1. The van der Waals surface area contributed by atoms with Crippen LogP contribution in [0, 0.1) is 6.92 Å². The minimum absolute atomic E-state index is 0.125. The standard InChI is InChI=1S/C12H18ClNO2/c1-10-6-9-16-11(10)12(15)14-8-5-3-2-4-7-13/h6,9H,2-5,7-8H2,1H3,(H,14,15). The van der Waals surface area contributed by atoms with Gasteiger partial charge in [0.25, 0.3) is 5.91 Å². The van der Waals surface area contributed by atoms with E-state index in [1.54, 1.807) is 6.07 Å². The Balaban J connectivity index is 2.14. The predicted molar refractivity (Wildman–Crippen MR) is 65.0 cm³/mol. The third kappa shape index (κ3) is 4.27. The molecule has 0 radical (unpaired) electrons. The number of hydrogen-bond donors (Lipinski definition) is 1. The van der Waals surface area contributed by atoms with Crippen molar-refractivity contribution in [2.75, 3.05) is 12.4 Å². The second-order valence-electron chi connectivity index (χ2n) is 3.79. The van der Waals surface area contributed by atoms with Gasteiger partial charge in [0.2, 0.25) is 0 Å². The summed E-state index contributed by atoms with van der Waals surface area (Å²) in [7, 11) is 0. The number of aryl methyl sites for hydroxylation is 1. The molecule has 0 aliphatic heterocycles. The molecule has 1 rings (SSSR count). The molecular weight excluding hydrogens is 226 g/mol. The molecule has 0 atom stereocenters. The molecule has 0 bridgehead atoms. The summed E-state index contributed by atoms with van der Waals surface area (Å²) < 4.78 is 5.09. The molecule has 16 heavy (non-hydrogen) atoms. The number of furan rings is 1. The summed E-state index contributed by atoms with van der Waals surface area (Å²) in [5.74, 6) is 1.01. The van der Waals surface area contributed by atoms with E-state index in [0.717, 1.165) is 37.1 Å². The van der Waals surface area contributed by atoms with Gasteiger partial charge in [-0.25, -0.2) is 0 Å². The molecule has 1 aromatic rings. The Morgan fingerprint density at radius 2 is 2.12 bits per heavy atom. The summed E-state index contributed by atoms with van der Waals surface area (Å²) in [6.45, 7) is 2.56. The lowest BCUT2D eigenvalue weighted by Crippen LogP contribution is -2.24. The van der Waals surface area contributed by atoms with Crippen LogP contribution in [0.15, 0.2) is 16.7 Å². The van der Waals surface area contributed by atoms with Crippen LogP contribution in [0.1, 0.15) is 41.8 Å². The van der Waals surface area contributed by atoms with Crippen molar-refractivity contribution in [1.82, 2.24) is 5.32 Å². The lowest BCUT2D eigenvalue weighted by molar-refractivity contribution is 0.0924. The smallest absolute Gasteiger partial charge is 0.287 e. The first-order chi connectivity index (χ1) is 7.75. The highest BCUT2D eigenvalue weighted by molar-refractivity contribution is 6.17. The number of carbonyl (C=O) groups is 1. The molecule has 1 aromatic heterocycles. The van der Waals surface area contributed by atoms with Crippen LogP contribution in [0.2, 0.25) is 0 Å². The molecule has 1 N–H and O–H groups in total. The Morgan fingerprint density at radius 1 is 1.38 bits per heavy atom. The zero-order valence-electron chi connectivity index (χ0n) is 9.59. The zero-order valence-corrected chi connectivity index (χ0v) is 10.3. The molecule has 0 aromatic carbocycles. The first kappa shape index (κ1) is 13.1. The first-order valence-corrected chi connectivity index (χ1v) is 6.17. The van der Waals surface area contributed by atoms with Crippen LogP contribution in [-0.2, 0) is 0 Å². The minimum atomic E-state index is -0.125. The third-order valence-electron chi connectivity index (χ3n) is 2.41. The maximum Gasteiger partial charge on any atom is 0.287 e. The summed E-state index contributed by atoms with van der Waals surface area (Å²) in [5.41, 5.74) is 0.875. The van der Waals surface area contributed by atoms with E-state index in [0.29, 0.717) is 12.3 Å². The van der Waals surface area contributed by atoms with E-state index in [-0.39, 0.29) is 5.91 Å². The second kappa shape index (κ2) is 7.34. The van der Waals surface area contributed by atoms with Gasteiger partial charge in [-0.3, -0.25) is 4.79 Å². The molecule has 0 aliphatic rings. The molecular formula is C12H18ClNO2. The summed E-state index contributed by atoms with van der Waals surface area (Å²) >= 11 is 5.57. The van der Waals surface area contributed by atoms with Crippen LogP contribution < -0.4 is 5.32 Å². The molecule has 90 valence electrons. The van der Waals surface area contributed by atoms with E-state index in [9.17, 15) is 4.79 Å². The van der Waals surface area contributed by atoms with Gasteiger partial charge in [-0.1, -0.05) is 12.8 Å². The monoisotopic (exact) mass is 243 g/mol. The molecule has 0 saturated heterocycles. The number of unbranched alkanes of at least 4 members (excludes halogenated alkanes) is 3. The summed E-state index contributed by atoms with van der Waals surface area (Å²) in [6, 6.07) is 1.79. The zero-order chi connectivity index (χ0) is 11.8. The fraction of sp³-hybridized carbons (Fsp3) is 0.583. The van der Waals surface area contributed by atoms with Gasteiger partial charge in [0.05, 0.1) is 6.26 Å². The number of amides is 1. The first-order valence-electron chi connectivity index (χ1n) is 5.64. The van der Waals surface area contributed by atoms with Gasteiger partial charge in [-0.05, 0) is 25.8 Å². The fourth-order valence-electron chi connectivity index (χ4n) is 1.46. The summed E-state index contributed by atoms with van der Waals surface area (Å²) in [6.07, 6.45) is 5.79. The van der Waals surface area contributed by atoms with Gasteiger partial charge in [0.15, 0.2) is 5.76 Å². The largest absolute Gasteiger partial charge is 0.459 e. The third-order valence-corrected chi connectivity index (χ3v) is 2.68. The Labute approximate surface area is 101 Å². The van der Waals surface area contributed by atoms with E-state index in [1.165, 1.54) is 6.26 Å². The molecule has 0 unspecified atom stereocenters. The summed E-state index contributed by atoms with van der Waals surface area (Å²) in [5, 5.41) is 2.84. The van der Waals surface area contributed by atoms with E-state index >= 15 is 0 Å². The van der Waals surface area contributed by atoms with Crippen LogP contribution in [-0.4, -0.2) is 18.3 Å². The Morgan fingerprint density at radius 3 is 2.75 bits per heavy atom. The highest BCUT2D eigenvalue weighted by atomic mass is 35.5. The van der Waals surface area contributed by atoms with Crippen LogP contribution >= 0.6 is 11.6 Å². The molecule has 0 fully saturated rings. The topological polar surface area (TPSA) is 42.2 Å². The molecule has 0 saturated carbocycles. The lowest BCUT2D eigenvalue weighted by atomic mass is 10.2. The van der Waals surface area contributed by atoms with Crippen molar-refractivity contribution in [2.24, 2.45) is 0 Å². The van der Waals surface area contributed by atoms with E-state index in [2.05, 4.69) is 5.32 Å². The molecule has 4 heteroatoms. The highest BCUT2D eigenvalue weighted by Crippen LogP contribution is 2.08. The van der Waals surface area contributed by atoms with E-state index in [1.807, 2.05) is 6.92 Å². The maximum absolute atomic E-state index is 11.6. The molecule has 3 nitrogen and oxygen atoms in total. The van der Waals surface area contributed by atoms with Gasteiger partial charge in [-0.2, -0.15) is 0 Å².